The predicted octanol–water partition coefficient (Wildman–Crippen LogP) is 3.12. The van der Waals surface area contributed by atoms with Crippen LogP contribution >= 0.6 is 24.1 Å². The summed E-state index contributed by atoms with van der Waals surface area (Å²) in [6.45, 7) is 0. The van der Waals surface area contributed by atoms with Crippen molar-refractivity contribution in [1.82, 2.24) is 0 Å². The SMILES string of the molecule is O=Cc1pc(F)c(F)cc1Br. The second-order valence-corrected chi connectivity index (χ2v) is 3.70. The number of aldehydes is 1. The minimum atomic E-state index is -0.927. The third kappa shape index (κ3) is 1.82. The van der Waals surface area contributed by atoms with Gasteiger partial charge in [0.1, 0.15) is 0 Å². The van der Waals surface area contributed by atoms with Crippen LogP contribution in [0.25, 0.3) is 0 Å². The third-order valence-corrected chi connectivity index (χ3v) is 2.99. The average molecular weight is 239 g/mol. The quantitative estimate of drug-likeness (QED) is 0.688. The van der Waals surface area contributed by atoms with Gasteiger partial charge >= 0.3 is 0 Å². The topological polar surface area (TPSA) is 17.1 Å². The molecule has 0 amide bonds. The van der Waals surface area contributed by atoms with Crippen LogP contribution < -0.4 is 0 Å². The van der Waals surface area contributed by atoms with Gasteiger partial charge in [-0.15, -0.1) is 0 Å². The monoisotopic (exact) mass is 238 g/mol. The third-order valence-electron chi connectivity index (χ3n) is 1.03. The van der Waals surface area contributed by atoms with Gasteiger partial charge in [-0.3, -0.25) is 4.79 Å². The smallest absolute Gasteiger partial charge is 0.185 e. The Morgan fingerprint density at radius 2 is 2.18 bits per heavy atom. The zero-order valence-electron chi connectivity index (χ0n) is 5.14. The van der Waals surface area contributed by atoms with E-state index in [0.717, 1.165) is 6.07 Å². The Labute approximate surface area is 71.7 Å². The molecule has 58 valence electrons. The fraction of sp³-hybridized carbons (Fsp3) is 0. The Morgan fingerprint density at radius 1 is 1.55 bits per heavy atom. The number of carbonyl (C=O) groups excluding carboxylic acids is 1. The van der Waals surface area contributed by atoms with Gasteiger partial charge in [0.05, 0.1) is 5.30 Å². The molecule has 0 bridgehead atoms. The second kappa shape index (κ2) is 3.37. The number of rotatable bonds is 1. The van der Waals surface area contributed by atoms with Crippen LogP contribution in [0.5, 0.6) is 0 Å². The van der Waals surface area contributed by atoms with Crippen molar-refractivity contribution in [1.29, 1.82) is 0 Å². The van der Waals surface area contributed by atoms with Gasteiger partial charge < -0.3 is 0 Å². The lowest BCUT2D eigenvalue weighted by Crippen LogP contribution is -1.83. The van der Waals surface area contributed by atoms with E-state index in [4.69, 9.17) is 0 Å². The number of hydrogen-bond donors (Lipinski definition) is 0. The van der Waals surface area contributed by atoms with Gasteiger partial charge in [0, 0.05) is 4.47 Å². The summed E-state index contributed by atoms with van der Waals surface area (Å²) in [6.07, 6.45) is 0.494. The van der Waals surface area contributed by atoms with Gasteiger partial charge in [-0.1, -0.05) is 0 Å². The molecule has 0 radical (unpaired) electrons. The first kappa shape index (κ1) is 8.75. The molecular formula is C6H2BrF2OP. The minimum absolute atomic E-state index is 0.0137. The largest absolute Gasteiger partial charge is 0.297 e. The van der Waals surface area contributed by atoms with Crippen molar-refractivity contribution in [3.63, 3.8) is 0 Å². The lowest BCUT2D eigenvalue weighted by molar-refractivity contribution is 0.112. The van der Waals surface area contributed by atoms with Crippen LogP contribution in [0.3, 0.4) is 0 Å². The first-order valence-electron chi connectivity index (χ1n) is 2.62. The standard InChI is InChI=1S/C6H2BrF2OP/c7-3-1-4(8)6(9)11-5(3)2-10/h1-2H. The van der Waals surface area contributed by atoms with Crippen molar-refractivity contribution >= 4 is 30.4 Å². The van der Waals surface area contributed by atoms with E-state index in [2.05, 4.69) is 15.9 Å². The molecule has 0 fully saturated rings. The first-order valence-corrected chi connectivity index (χ1v) is 4.30. The van der Waals surface area contributed by atoms with Crippen LogP contribution in [-0.2, 0) is 0 Å². The Morgan fingerprint density at radius 3 is 2.73 bits per heavy atom. The van der Waals surface area contributed by atoms with E-state index in [-0.39, 0.29) is 13.5 Å². The molecule has 0 aliphatic heterocycles. The van der Waals surface area contributed by atoms with E-state index in [0.29, 0.717) is 10.8 Å². The molecule has 0 N–H and O–H groups in total. The molecule has 0 saturated heterocycles. The van der Waals surface area contributed by atoms with Crippen LogP contribution in [0, 0.1) is 11.4 Å². The molecule has 0 aromatic carbocycles. The van der Waals surface area contributed by atoms with Gasteiger partial charge in [-0.2, -0.15) is 4.39 Å². The molecule has 5 heteroatoms. The van der Waals surface area contributed by atoms with Crippen LogP contribution in [0.15, 0.2) is 10.5 Å². The maximum atomic E-state index is 12.4. The van der Waals surface area contributed by atoms with E-state index in [1.807, 2.05) is 0 Å². The highest BCUT2D eigenvalue weighted by Crippen LogP contribution is 2.27. The van der Waals surface area contributed by atoms with Crippen molar-refractivity contribution in [2.45, 2.75) is 0 Å². The summed E-state index contributed by atoms with van der Waals surface area (Å²) < 4.78 is 25.1. The summed E-state index contributed by atoms with van der Waals surface area (Å²) in [5.41, 5.74) is -0.921. The summed E-state index contributed by atoms with van der Waals surface area (Å²) in [4.78, 5) is 10.2. The maximum Gasteiger partial charge on any atom is 0.185 e. The zero-order valence-corrected chi connectivity index (χ0v) is 7.62. The molecular weight excluding hydrogens is 237 g/mol. The average Bonchev–Trinajstić information content (AvgIpc) is 1.97. The first-order chi connectivity index (χ1) is 5.15. The van der Waals surface area contributed by atoms with Crippen molar-refractivity contribution in [2.24, 2.45) is 0 Å². The maximum absolute atomic E-state index is 12.4. The highest BCUT2D eigenvalue weighted by Gasteiger charge is 2.07. The van der Waals surface area contributed by atoms with Crippen LogP contribution in [0.4, 0.5) is 8.78 Å². The molecule has 0 spiro atoms. The minimum Gasteiger partial charge on any atom is -0.297 e. The molecule has 1 rings (SSSR count). The zero-order chi connectivity index (χ0) is 8.43. The Hall–Kier alpha value is -0.340. The molecule has 0 aliphatic carbocycles. The van der Waals surface area contributed by atoms with Crippen molar-refractivity contribution in [3.05, 3.63) is 27.2 Å². The fourth-order valence-corrected chi connectivity index (χ4v) is 1.71. The lowest BCUT2D eigenvalue weighted by Gasteiger charge is -1.95. The number of hydrogen-bond acceptors (Lipinski definition) is 1. The van der Waals surface area contributed by atoms with Crippen molar-refractivity contribution in [3.8, 4) is 0 Å². The van der Waals surface area contributed by atoms with E-state index in [1.165, 1.54) is 0 Å². The normalized spacial score (nSPS) is 10.5. The highest BCUT2D eigenvalue weighted by atomic mass is 79.9. The summed E-state index contributed by atoms with van der Waals surface area (Å²) >= 11 is 2.93. The van der Waals surface area contributed by atoms with E-state index in [1.54, 1.807) is 0 Å². The summed E-state index contributed by atoms with van der Waals surface area (Å²) in [6, 6.07) is 0.940. The van der Waals surface area contributed by atoms with Gasteiger partial charge in [-0.05, 0) is 30.2 Å². The molecule has 1 aromatic heterocycles. The van der Waals surface area contributed by atoms with Crippen LogP contribution in [0.1, 0.15) is 10.1 Å². The molecule has 0 atom stereocenters. The Bertz CT molecular complexity index is 303. The summed E-state index contributed by atoms with van der Waals surface area (Å²) in [5, 5.41) is 0.198. The highest BCUT2D eigenvalue weighted by molar-refractivity contribution is 9.10. The predicted molar refractivity (Wildman–Crippen MR) is 42.0 cm³/mol. The summed E-state index contributed by atoms with van der Waals surface area (Å²) in [5.74, 6) is -0.927. The number of carbonyl (C=O) groups is 1. The second-order valence-electron chi connectivity index (χ2n) is 1.75. The van der Waals surface area contributed by atoms with Crippen LogP contribution in [0.2, 0.25) is 0 Å². The number of halogens is 3. The van der Waals surface area contributed by atoms with Crippen molar-refractivity contribution < 1.29 is 13.6 Å². The molecule has 0 unspecified atom stereocenters. The van der Waals surface area contributed by atoms with Gasteiger partial charge in [-0.25, -0.2) is 4.39 Å². The summed E-state index contributed by atoms with van der Waals surface area (Å²) in [7, 11) is -0.0137. The van der Waals surface area contributed by atoms with Crippen LogP contribution in [-0.4, -0.2) is 6.29 Å². The fourth-order valence-electron chi connectivity index (χ4n) is 0.540. The molecule has 0 saturated carbocycles. The van der Waals surface area contributed by atoms with E-state index >= 15 is 0 Å². The Balaban J connectivity index is 3.31. The van der Waals surface area contributed by atoms with Gasteiger partial charge in [0.15, 0.2) is 17.7 Å². The molecule has 1 aromatic rings. The van der Waals surface area contributed by atoms with Gasteiger partial charge in [0.25, 0.3) is 0 Å². The lowest BCUT2D eigenvalue weighted by atomic mass is 10.4. The van der Waals surface area contributed by atoms with E-state index < -0.39 is 11.4 Å². The molecule has 1 heterocycles. The molecule has 0 aliphatic rings. The van der Waals surface area contributed by atoms with Crippen molar-refractivity contribution in [2.75, 3.05) is 0 Å². The Kier molecular flexibility index (Phi) is 2.68. The van der Waals surface area contributed by atoms with Gasteiger partial charge in [0.2, 0.25) is 0 Å². The van der Waals surface area contributed by atoms with E-state index in [9.17, 15) is 13.6 Å². The molecule has 11 heavy (non-hydrogen) atoms. The molecule has 1 nitrogen and oxygen atoms in total.